The number of hydrogen-bond acceptors (Lipinski definition) is 4. The Morgan fingerprint density at radius 1 is 1.05 bits per heavy atom. The summed E-state index contributed by atoms with van der Waals surface area (Å²) in [7, 11) is 0. The molecule has 0 aromatic carbocycles. The van der Waals surface area contributed by atoms with Crippen molar-refractivity contribution in [3.05, 3.63) is 0 Å². The average Bonchev–Trinajstić information content (AvgIpc) is 2.50. The van der Waals surface area contributed by atoms with Crippen LogP contribution in [0.4, 0.5) is 0 Å². The summed E-state index contributed by atoms with van der Waals surface area (Å²) in [6.07, 6.45) is 2.96. The van der Waals surface area contributed by atoms with Crippen molar-refractivity contribution in [3.63, 3.8) is 0 Å². The second-order valence-electron chi connectivity index (χ2n) is 5.81. The molecule has 0 saturated carbocycles. The summed E-state index contributed by atoms with van der Waals surface area (Å²) in [6, 6.07) is -0.165. The zero-order valence-electron chi connectivity index (χ0n) is 11.9. The van der Waals surface area contributed by atoms with E-state index in [9.17, 15) is 9.59 Å². The normalized spacial score (nSPS) is 28.7. The Morgan fingerprint density at radius 2 is 1.85 bits per heavy atom. The first-order valence-corrected chi connectivity index (χ1v) is 8.79. The Morgan fingerprint density at radius 3 is 2.65 bits per heavy atom. The van der Waals surface area contributed by atoms with Crippen LogP contribution in [0.3, 0.4) is 0 Å². The summed E-state index contributed by atoms with van der Waals surface area (Å²) < 4.78 is 0. The summed E-state index contributed by atoms with van der Waals surface area (Å²) >= 11 is 1.99. The lowest BCUT2D eigenvalue weighted by molar-refractivity contribution is -0.157. The summed E-state index contributed by atoms with van der Waals surface area (Å²) in [6.45, 7) is 4.89. The average molecular weight is 297 g/mol. The van der Waals surface area contributed by atoms with Crippen LogP contribution in [0.2, 0.25) is 0 Å². The van der Waals surface area contributed by atoms with Crippen LogP contribution in [-0.4, -0.2) is 83.3 Å². The Hall–Kier alpha value is -0.750. The third-order valence-electron chi connectivity index (χ3n) is 4.54. The Bertz CT molecular complexity index is 385. The van der Waals surface area contributed by atoms with Gasteiger partial charge in [-0.25, -0.2) is 0 Å². The van der Waals surface area contributed by atoms with E-state index < -0.39 is 0 Å². The maximum absolute atomic E-state index is 12.5. The Labute approximate surface area is 124 Å². The molecule has 3 heterocycles. The summed E-state index contributed by atoms with van der Waals surface area (Å²) in [4.78, 5) is 30.6. The van der Waals surface area contributed by atoms with Gasteiger partial charge < -0.3 is 9.80 Å². The van der Waals surface area contributed by atoms with Gasteiger partial charge in [0.25, 0.3) is 0 Å². The summed E-state index contributed by atoms with van der Waals surface area (Å²) in [5, 5.41) is 0. The van der Waals surface area contributed by atoms with E-state index in [2.05, 4.69) is 4.90 Å². The van der Waals surface area contributed by atoms with Crippen molar-refractivity contribution >= 4 is 23.6 Å². The molecule has 6 heteroatoms. The van der Waals surface area contributed by atoms with Gasteiger partial charge in [-0.3, -0.25) is 14.5 Å². The molecule has 0 radical (unpaired) electrons. The van der Waals surface area contributed by atoms with E-state index in [1.165, 1.54) is 11.5 Å². The van der Waals surface area contributed by atoms with Crippen molar-refractivity contribution in [1.29, 1.82) is 0 Å². The van der Waals surface area contributed by atoms with Crippen LogP contribution in [-0.2, 0) is 9.59 Å². The fourth-order valence-electron chi connectivity index (χ4n) is 3.31. The fraction of sp³-hybridized carbons (Fsp3) is 0.857. The van der Waals surface area contributed by atoms with Crippen molar-refractivity contribution < 1.29 is 9.59 Å². The van der Waals surface area contributed by atoms with Crippen LogP contribution in [0.1, 0.15) is 19.3 Å². The summed E-state index contributed by atoms with van der Waals surface area (Å²) in [5.74, 6) is 2.69. The number of nitrogens with zero attached hydrogens (tertiary/aromatic N) is 3. The lowest BCUT2D eigenvalue weighted by Gasteiger charge is -2.43. The zero-order valence-corrected chi connectivity index (χ0v) is 12.7. The van der Waals surface area contributed by atoms with Gasteiger partial charge in [0.2, 0.25) is 11.8 Å². The third kappa shape index (κ3) is 2.96. The number of rotatable bonds is 3. The van der Waals surface area contributed by atoms with Crippen LogP contribution in [0.25, 0.3) is 0 Å². The maximum atomic E-state index is 12.5. The van der Waals surface area contributed by atoms with Crippen molar-refractivity contribution in [2.45, 2.75) is 25.3 Å². The van der Waals surface area contributed by atoms with Gasteiger partial charge in [0.15, 0.2) is 0 Å². The predicted molar refractivity (Wildman–Crippen MR) is 79.7 cm³/mol. The number of thioether (sulfide) groups is 1. The SMILES string of the molecule is O=C1C2CCCCN2C(=O)CN1CCN1CCSCC1. The minimum Gasteiger partial charge on any atom is -0.330 e. The molecule has 1 unspecified atom stereocenters. The number of piperidine rings is 1. The molecule has 3 fully saturated rings. The molecule has 1 atom stereocenters. The van der Waals surface area contributed by atoms with Crippen molar-refractivity contribution in [3.8, 4) is 0 Å². The molecule has 2 amide bonds. The van der Waals surface area contributed by atoms with Gasteiger partial charge in [0, 0.05) is 44.2 Å². The van der Waals surface area contributed by atoms with Crippen LogP contribution in [0.15, 0.2) is 0 Å². The number of piperazine rings is 1. The minimum absolute atomic E-state index is 0.142. The first kappa shape index (κ1) is 14.2. The van der Waals surface area contributed by atoms with Crippen molar-refractivity contribution in [2.24, 2.45) is 0 Å². The lowest BCUT2D eigenvalue weighted by Crippen LogP contribution is -2.62. The van der Waals surface area contributed by atoms with Crippen LogP contribution in [0.5, 0.6) is 0 Å². The van der Waals surface area contributed by atoms with E-state index in [4.69, 9.17) is 0 Å². The topological polar surface area (TPSA) is 43.9 Å². The molecule has 20 heavy (non-hydrogen) atoms. The number of carbonyl (C=O) groups excluding carboxylic acids is 2. The van der Waals surface area contributed by atoms with Gasteiger partial charge in [0.1, 0.15) is 6.04 Å². The van der Waals surface area contributed by atoms with Crippen LogP contribution >= 0.6 is 11.8 Å². The van der Waals surface area contributed by atoms with Gasteiger partial charge >= 0.3 is 0 Å². The predicted octanol–water partition coefficient (Wildman–Crippen LogP) is 0.259. The molecule has 0 spiro atoms. The highest BCUT2D eigenvalue weighted by molar-refractivity contribution is 7.99. The van der Waals surface area contributed by atoms with Gasteiger partial charge in [0.05, 0.1) is 6.54 Å². The van der Waals surface area contributed by atoms with E-state index in [0.29, 0.717) is 6.54 Å². The molecule has 3 saturated heterocycles. The Balaban J connectivity index is 1.56. The second-order valence-corrected chi connectivity index (χ2v) is 7.04. The number of amides is 2. The molecule has 112 valence electrons. The highest BCUT2D eigenvalue weighted by Crippen LogP contribution is 2.23. The van der Waals surface area contributed by atoms with Gasteiger partial charge in [-0.1, -0.05) is 0 Å². The number of carbonyl (C=O) groups is 2. The lowest BCUT2D eigenvalue weighted by atomic mass is 9.98. The minimum atomic E-state index is -0.165. The molecular weight excluding hydrogens is 274 g/mol. The van der Waals surface area contributed by atoms with Crippen molar-refractivity contribution in [2.75, 3.05) is 50.8 Å². The molecule has 3 aliphatic heterocycles. The fourth-order valence-corrected chi connectivity index (χ4v) is 4.28. The quantitative estimate of drug-likeness (QED) is 0.749. The molecule has 3 aliphatic rings. The smallest absolute Gasteiger partial charge is 0.245 e. The van der Waals surface area contributed by atoms with Crippen LogP contribution in [0, 0.1) is 0 Å². The van der Waals surface area contributed by atoms with Crippen LogP contribution < -0.4 is 0 Å². The van der Waals surface area contributed by atoms with Crippen molar-refractivity contribution in [1.82, 2.24) is 14.7 Å². The maximum Gasteiger partial charge on any atom is 0.245 e. The van der Waals surface area contributed by atoms with Gasteiger partial charge in [-0.15, -0.1) is 0 Å². The standard InChI is InChI=1S/C14H23N3O2S/c18-13-11-16(6-5-15-7-9-20-10-8-15)14(19)12-3-1-2-4-17(12)13/h12H,1-11H2. The summed E-state index contributed by atoms with van der Waals surface area (Å²) in [5.41, 5.74) is 0. The molecule has 0 aliphatic carbocycles. The Kier molecular flexibility index (Phi) is 4.51. The number of hydrogen-bond donors (Lipinski definition) is 0. The first-order valence-electron chi connectivity index (χ1n) is 7.64. The van der Waals surface area contributed by atoms with E-state index in [1.807, 2.05) is 11.8 Å². The third-order valence-corrected chi connectivity index (χ3v) is 5.48. The second kappa shape index (κ2) is 6.35. The largest absolute Gasteiger partial charge is 0.330 e. The molecule has 0 bridgehead atoms. The molecule has 5 nitrogen and oxygen atoms in total. The molecule has 0 aromatic rings. The molecular formula is C14H23N3O2S. The number of fused-ring (bicyclic) bond motifs is 1. The zero-order chi connectivity index (χ0) is 13.9. The van der Waals surface area contributed by atoms with E-state index in [-0.39, 0.29) is 24.4 Å². The van der Waals surface area contributed by atoms with Gasteiger partial charge in [-0.2, -0.15) is 11.8 Å². The molecule has 0 aromatic heterocycles. The van der Waals surface area contributed by atoms with E-state index >= 15 is 0 Å². The highest BCUT2D eigenvalue weighted by atomic mass is 32.2. The first-order chi connectivity index (χ1) is 9.75. The van der Waals surface area contributed by atoms with Gasteiger partial charge in [-0.05, 0) is 19.3 Å². The molecule has 0 N–H and O–H groups in total. The molecule has 3 rings (SSSR count). The monoisotopic (exact) mass is 297 g/mol. The van der Waals surface area contributed by atoms with E-state index in [1.54, 1.807) is 9.80 Å². The van der Waals surface area contributed by atoms with E-state index in [0.717, 1.165) is 45.4 Å². The highest BCUT2D eigenvalue weighted by Gasteiger charge is 2.40.